The number of alkyl carbamates (subject to hydrolysis) is 1. The van der Waals surface area contributed by atoms with Crippen molar-refractivity contribution in [3.05, 3.63) is 17.2 Å². The second-order valence-electron chi connectivity index (χ2n) is 11.3. The maximum atomic E-state index is 13.0. The fourth-order valence-corrected chi connectivity index (χ4v) is 5.00. The standard InChI is InChI=1S/C26H45N7O4/c1-9-27-23(36-8)26(5,33-15-18(16-33)14-29-24(35)37-25(2,3)4)11-12-28-22(34)21-30-19-17-31(6)13-10-20(19)32(21)7/h18H,9-17H2,1-8H3,(H,28,34)(H,29,35). The molecular formula is C26H45N7O4. The number of ether oxygens (including phenoxy) is 2. The van der Waals surface area contributed by atoms with E-state index in [1.54, 1.807) is 7.11 Å². The average Bonchev–Trinajstić information content (AvgIpc) is 3.10. The van der Waals surface area contributed by atoms with Crippen LogP contribution in [0.2, 0.25) is 0 Å². The average molecular weight is 520 g/mol. The number of hydrogen-bond acceptors (Lipinski definition) is 8. The molecule has 2 aliphatic heterocycles. The molecule has 1 atom stereocenters. The molecule has 1 unspecified atom stereocenters. The lowest BCUT2D eigenvalue weighted by Crippen LogP contribution is -2.64. The summed E-state index contributed by atoms with van der Waals surface area (Å²) >= 11 is 0. The van der Waals surface area contributed by atoms with E-state index in [1.807, 2.05) is 39.3 Å². The van der Waals surface area contributed by atoms with E-state index >= 15 is 0 Å². The Morgan fingerprint density at radius 3 is 2.49 bits per heavy atom. The first-order chi connectivity index (χ1) is 17.4. The third kappa shape index (κ3) is 7.01. The van der Waals surface area contributed by atoms with Crippen LogP contribution in [0.4, 0.5) is 4.79 Å². The molecule has 1 aromatic heterocycles. The highest BCUT2D eigenvalue weighted by Gasteiger charge is 2.44. The topological polar surface area (TPSA) is 113 Å². The molecule has 1 saturated heterocycles. The molecule has 37 heavy (non-hydrogen) atoms. The number of carbonyl (C=O) groups excluding carboxylic acids is 2. The van der Waals surface area contributed by atoms with Crippen molar-refractivity contribution >= 4 is 17.9 Å². The van der Waals surface area contributed by atoms with E-state index in [0.717, 1.165) is 44.0 Å². The summed E-state index contributed by atoms with van der Waals surface area (Å²) in [5.41, 5.74) is 1.11. The minimum Gasteiger partial charge on any atom is -0.483 e. The summed E-state index contributed by atoms with van der Waals surface area (Å²) in [5.74, 6) is 1.24. The minimum absolute atomic E-state index is 0.170. The van der Waals surface area contributed by atoms with Crippen LogP contribution >= 0.6 is 0 Å². The summed E-state index contributed by atoms with van der Waals surface area (Å²) in [6, 6.07) is 0. The van der Waals surface area contributed by atoms with Crippen molar-refractivity contribution in [1.82, 2.24) is 30.0 Å². The summed E-state index contributed by atoms with van der Waals surface area (Å²) in [7, 11) is 5.62. The Morgan fingerprint density at radius 1 is 1.16 bits per heavy atom. The molecule has 0 saturated carbocycles. The zero-order valence-corrected chi connectivity index (χ0v) is 23.8. The second kappa shape index (κ2) is 11.8. The molecule has 2 N–H and O–H groups in total. The van der Waals surface area contributed by atoms with E-state index in [4.69, 9.17) is 9.47 Å². The number of rotatable bonds is 9. The molecule has 0 radical (unpaired) electrons. The molecule has 11 nitrogen and oxygen atoms in total. The van der Waals surface area contributed by atoms with E-state index in [0.29, 0.717) is 43.7 Å². The van der Waals surface area contributed by atoms with Crippen molar-refractivity contribution in [2.24, 2.45) is 18.0 Å². The van der Waals surface area contributed by atoms with Crippen LogP contribution < -0.4 is 10.6 Å². The second-order valence-corrected chi connectivity index (χ2v) is 11.3. The quantitative estimate of drug-likeness (QED) is 0.378. The first-order valence-electron chi connectivity index (χ1n) is 13.2. The molecular weight excluding hydrogens is 474 g/mol. The van der Waals surface area contributed by atoms with E-state index in [-0.39, 0.29) is 5.91 Å². The number of imidazole rings is 1. The van der Waals surface area contributed by atoms with Gasteiger partial charge in [-0.25, -0.2) is 9.78 Å². The van der Waals surface area contributed by atoms with E-state index in [1.165, 1.54) is 0 Å². The number of nitrogens with zero attached hydrogens (tertiary/aromatic N) is 5. The molecule has 3 rings (SSSR count). The summed E-state index contributed by atoms with van der Waals surface area (Å²) < 4.78 is 13.0. The molecule has 0 spiro atoms. The Balaban J connectivity index is 1.59. The van der Waals surface area contributed by atoms with Gasteiger partial charge in [0, 0.05) is 70.9 Å². The smallest absolute Gasteiger partial charge is 0.407 e. The zero-order chi connectivity index (χ0) is 27.4. The van der Waals surface area contributed by atoms with Gasteiger partial charge in [-0.15, -0.1) is 0 Å². The number of carbonyl (C=O) groups is 2. The van der Waals surface area contributed by atoms with Gasteiger partial charge in [0.15, 0.2) is 5.82 Å². The first kappa shape index (κ1) is 28.9. The maximum absolute atomic E-state index is 13.0. The molecule has 3 heterocycles. The van der Waals surface area contributed by atoms with Crippen LogP contribution in [0.15, 0.2) is 4.99 Å². The lowest BCUT2D eigenvalue weighted by molar-refractivity contribution is 0.0120. The van der Waals surface area contributed by atoms with Crippen LogP contribution in [0.5, 0.6) is 0 Å². The van der Waals surface area contributed by atoms with E-state index < -0.39 is 17.2 Å². The predicted octanol–water partition coefficient (Wildman–Crippen LogP) is 1.81. The molecule has 0 aliphatic carbocycles. The molecule has 0 bridgehead atoms. The molecule has 2 amide bonds. The Kier molecular flexibility index (Phi) is 9.22. The van der Waals surface area contributed by atoms with Crippen LogP contribution in [0.3, 0.4) is 0 Å². The van der Waals surface area contributed by atoms with Gasteiger partial charge in [0.2, 0.25) is 5.90 Å². The predicted molar refractivity (Wildman–Crippen MR) is 143 cm³/mol. The third-order valence-electron chi connectivity index (χ3n) is 7.09. The Labute approximate surface area is 221 Å². The van der Waals surface area contributed by atoms with Gasteiger partial charge in [-0.1, -0.05) is 0 Å². The fourth-order valence-electron chi connectivity index (χ4n) is 5.00. The van der Waals surface area contributed by atoms with Gasteiger partial charge in [-0.05, 0) is 48.1 Å². The molecule has 208 valence electrons. The van der Waals surface area contributed by atoms with Gasteiger partial charge in [-0.2, -0.15) is 0 Å². The van der Waals surface area contributed by atoms with E-state index in [9.17, 15) is 9.59 Å². The van der Waals surface area contributed by atoms with Crippen molar-refractivity contribution in [1.29, 1.82) is 0 Å². The number of aliphatic imine (C=N–C) groups is 1. The number of likely N-dealkylation sites (N-methyl/N-ethyl adjacent to an activating group) is 1. The Bertz CT molecular complexity index is 994. The van der Waals surface area contributed by atoms with Gasteiger partial charge in [-0.3, -0.25) is 14.7 Å². The van der Waals surface area contributed by atoms with Crippen molar-refractivity contribution in [2.45, 2.75) is 65.1 Å². The van der Waals surface area contributed by atoms with Crippen molar-refractivity contribution in [3.8, 4) is 0 Å². The van der Waals surface area contributed by atoms with Crippen molar-refractivity contribution in [2.75, 3.05) is 53.4 Å². The van der Waals surface area contributed by atoms with Crippen LogP contribution in [-0.4, -0.2) is 102 Å². The van der Waals surface area contributed by atoms with Crippen molar-refractivity contribution in [3.63, 3.8) is 0 Å². The van der Waals surface area contributed by atoms with Gasteiger partial charge >= 0.3 is 6.09 Å². The van der Waals surface area contributed by atoms with Crippen LogP contribution in [-0.2, 0) is 29.5 Å². The molecule has 2 aliphatic rings. The van der Waals surface area contributed by atoms with Gasteiger partial charge < -0.3 is 29.6 Å². The summed E-state index contributed by atoms with van der Waals surface area (Å²) in [6.45, 7) is 14.5. The number of methoxy groups -OCH3 is 1. The highest BCUT2D eigenvalue weighted by atomic mass is 16.6. The monoisotopic (exact) mass is 519 g/mol. The molecule has 0 aromatic carbocycles. The molecule has 1 fully saturated rings. The van der Waals surface area contributed by atoms with Crippen LogP contribution in [0, 0.1) is 5.92 Å². The maximum Gasteiger partial charge on any atom is 0.407 e. The van der Waals surface area contributed by atoms with E-state index in [2.05, 4.69) is 44.4 Å². The lowest BCUT2D eigenvalue weighted by atomic mass is 9.86. The normalized spacial score (nSPS) is 19.0. The number of likely N-dealkylation sites (tertiary alicyclic amines) is 1. The number of amides is 2. The largest absolute Gasteiger partial charge is 0.483 e. The summed E-state index contributed by atoms with van der Waals surface area (Å²) in [5, 5.41) is 5.93. The molecule has 11 heteroatoms. The first-order valence-corrected chi connectivity index (χ1v) is 13.2. The van der Waals surface area contributed by atoms with Gasteiger partial charge in [0.1, 0.15) is 5.60 Å². The summed E-state index contributed by atoms with van der Waals surface area (Å²) in [4.78, 5) is 38.8. The zero-order valence-electron chi connectivity index (χ0n) is 23.8. The number of nitrogens with one attached hydrogen (secondary N) is 2. The SMILES string of the molecule is CCN=C(OC)C(C)(CCNC(=O)c1nc2c(n1C)CCN(C)C2)N1CC(CNC(=O)OC(C)(C)C)C1. The van der Waals surface area contributed by atoms with Crippen LogP contribution in [0.25, 0.3) is 0 Å². The van der Waals surface area contributed by atoms with Gasteiger partial charge in [0.25, 0.3) is 5.91 Å². The number of hydrogen-bond donors (Lipinski definition) is 2. The van der Waals surface area contributed by atoms with Crippen LogP contribution in [0.1, 0.15) is 63.0 Å². The Morgan fingerprint density at radius 2 is 1.86 bits per heavy atom. The fraction of sp³-hybridized carbons (Fsp3) is 0.769. The summed E-state index contributed by atoms with van der Waals surface area (Å²) in [6.07, 6.45) is 1.12. The lowest BCUT2D eigenvalue weighted by Gasteiger charge is -2.50. The minimum atomic E-state index is -0.521. The van der Waals surface area contributed by atoms with Crippen molar-refractivity contribution < 1.29 is 19.1 Å². The third-order valence-corrected chi connectivity index (χ3v) is 7.09. The number of aromatic nitrogens is 2. The number of fused-ring (bicyclic) bond motifs is 1. The molecule has 1 aromatic rings. The Hall–Kier alpha value is -2.66. The highest BCUT2D eigenvalue weighted by Crippen LogP contribution is 2.30. The highest BCUT2D eigenvalue weighted by molar-refractivity contribution is 5.91. The van der Waals surface area contributed by atoms with Gasteiger partial charge in [0.05, 0.1) is 18.3 Å².